The summed E-state index contributed by atoms with van der Waals surface area (Å²) in [7, 11) is -3.66. The first-order valence-electron chi connectivity index (χ1n) is 9.33. The van der Waals surface area contributed by atoms with E-state index in [9.17, 15) is 13.2 Å². The minimum absolute atomic E-state index is 0.148. The number of thiocarbonyl (C=S) groups is 1. The van der Waals surface area contributed by atoms with Crippen LogP contribution in [0.4, 0.5) is 5.69 Å². The number of nitrogens with zero attached hydrogens (tertiary/aromatic N) is 1. The standard InChI is InChI=1S/C22H25N3O3S2/c1-3-16-25(17-4-2)30(27,28)20-13-11-19(12-14-20)23-22(29)24-21(26)15-10-18-8-6-5-7-9-18/h3-9,11-14H,1-2,10,15-17H2,(H2,23,24,26,29). The maximum atomic E-state index is 12.7. The summed E-state index contributed by atoms with van der Waals surface area (Å²) in [4.78, 5) is 12.2. The molecule has 1 amide bonds. The van der Waals surface area contributed by atoms with Crippen LogP contribution in [-0.2, 0) is 21.2 Å². The Bertz CT molecular complexity index is 978. The Morgan fingerprint density at radius 1 is 1.00 bits per heavy atom. The molecule has 2 aromatic rings. The van der Waals surface area contributed by atoms with Crippen LogP contribution in [0.2, 0.25) is 0 Å². The molecule has 0 aliphatic heterocycles. The maximum Gasteiger partial charge on any atom is 0.243 e. The second kappa shape index (κ2) is 11.4. The van der Waals surface area contributed by atoms with Gasteiger partial charge in [-0.1, -0.05) is 42.5 Å². The predicted molar refractivity (Wildman–Crippen MR) is 125 cm³/mol. The van der Waals surface area contributed by atoms with Crippen molar-refractivity contribution in [2.45, 2.75) is 17.7 Å². The van der Waals surface area contributed by atoms with Gasteiger partial charge in [0.1, 0.15) is 0 Å². The zero-order valence-corrected chi connectivity index (χ0v) is 18.2. The van der Waals surface area contributed by atoms with Gasteiger partial charge in [-0.25, -0.2) is 8.42 Å². The Kier molecular flexibility index (Phi) is 8.91. The van der Waals surface area contributed by atoms with Crippen molar-refractivity contribution < 1.29 is 13.2 Å². The summed E-state index contributed by atoms with van der Waals surface area (Å²) >= 11 is 5.17. The first-order valence-corrected chi connectivity index (χ1v) is 11.2. The Labute approximate surface area is 183 Å². The van der Waals surface area contributed by atoms with Crippen molar-refractivity contribution in [3.05, 3.63) is 85.5 Å². The van der Waals surface area contributed by atoms with Gasteiger partial charge >= 0.3 is 0 Å². The third-order valence-corrected chi connectivity index (χ3v) is 6.20. The molecule has 158 valence electrons. The summed E-state index contributed by atoms with van der Waals surface area (Å²) in [5.74, 6) is -0.194. The molecule has 0 fully saturated rings. The molecule has 0 atom stereocenters. The molecule has 0 radical (unpaired) electrons. The van der Waals surface area contributed by atoms with Gasteiger partial charge in [0.15, 0.2) is 5.11 Å². The van der Waals surface area contributed by atoms with Gasteiger partial charge in [-0.2, -0.15) is 4.31 Å². The SMILES string of the molecule is C=CCN(CC=C)S(=O)(=O)c1ccc(NC(=S)NC(=O)CCc2ccccc2)cc1. The van der Waals surface area contributed by atoms with E-state index < -0.39 is 10.0 Å². The normalized spacial score (nSPS) is 11.0. The molecule has 0 heterocycles. The Hall–Kier alpha value is -2.81. The van der Waals surface area contributed by atoms with Gasteiger partial charge < -0.3 is 10.6 Å². The first-order chi connectivity index (χ1) is 14.4. The molecule has 0 saturated heterocycles. The van der Waals surface area contributed by atoms with Crippen LogP contribution >= 0.6 is 12.2 Å². The highest BCUT2D eigenvalue weighted by molar-refractivity contribution is 7.89. The highest BCUT2D eigenvalue weighted by atomic mass is 32.2. The van der Waals surface area contributed by atoms with Crippen molar-refractivity contribution in [3.63, 3.8) is 0 Å². The lowest BCUT2D eigenvalue weighted by atomic mass is 10.1. The van der Waals surface area contributed by atoms with E-state index in [-0.39, 0.29) is 29.0 Å². The molecule has 2 N–H and O–H groups in total. The van der Waals surface area contributed by atoms with Crippen LogP contribution in [0.3, 0.4) is 0 Å². The van der Waals surface area contributed by atoms with E-state index >= 15 is 0 Å². The number of hydrogen-bond donors (Lipinski definition) is 2. The molecule has 0 aromatic heterocycles. The summed E-state index contributed by atoms with van der Waals surface area (Å²) in [6.07, 6.45) is 3.98. The van der Waals surface area contributed by atoms with E-state index in [1.165, 1.54) is 28.6 Å². The number of carbonyl (C=O) groups excluding carboxylic acids is 1. The number of sulfonamides is 1. The fourth-order valence-corrected chi connectivity index (χ4v) is 4.29. The highest BCUT2D eigenvalue weighted by Gasteiger charge is 2.22. The second-order valence-corrected chi connectivity index (χ2v) is 8.76. The van der Waals surface area contributed by atoms with Crippen molar-refractivity contribution in [2.75, 3.05) is 18.4 Å². The number of nitrogens with one attached hydrogen (secondary N) is 2. The zero-order chi connectivity index (χ0) is 22.0. The average Bonchev–Trinajstić information content (AvgIpc) is 2.73. The smallest absolute Gasteiger partial charge is 0.243 e. The summed E-state index contributed by atoms with van der Waals surface area (Å²) in [5, 5.41) is 5.67. The summed E-state index contributed by atoms with van der Waals surface area (Å²) in [6, 6.07) is 15.9. The zero-order valence-electron chi connectivity index (χ0n) is 16.6. The molecule has 0 bridgehead atoms. The van der Waals surface area contributed by atoms with Crippen LogP contribution in [-0.4, -0.2) is 36.8 Å². The van der Waals surface area contributed by atoms with Crippen molar-refractivity contribution >= 4 is 38.9 Å². The lowest BCUT2D eigenvalue weighted by Gasteiger charge is -2.19. The van der Waals surface area contributed by atoms with E-state index in [0.29, 0.717) is 18.5 Å². The largest absolute Gasteiger partial charge is 0.332 e. The minimum atomic E-state index is -3.66. The number of hydrogen-bond acceptors (Lipinski definition) is 4. The van der Waals surface area contributed by atoms with Gasteiger partial charge in [-0.15, -0.1) is 13.2 Å². The quantitative estimate of drug-likeness (QED) is 0.434. The molecule has 0 saturated carbocycles. The van der Waals surface area contributed by atoms with Crippen LogP contribution in [0.25, 0.3) is 0 Å². The molecular formula is C22H25N3O3S2. The lowest BCUT2D eigenvalue weighted by molar-refractivity contribution is -0.119. The van der Waals surface area contributed by atoms with Crippen LogP contribution in [0.15, 0.2) is 84.8 Å². The fraction of sp³-hybridized carbons (Fsp3) is 0.182. The number of rotatable bonds is 10. The number of carbonyl (C=O) groups is 1. The van der Waals surface area contributed by atoms with Gasteiger partial charge in [-0.05, 0) is 48.5 Å². The van der Waals surface area contributed by atoms with Gasteiger partial charge in [0.2, 0.25) is 15.9 Å². The molecule has 6 nitrogen and oxygen atoms in total. The average molecular weight is 444 g/mol. The molecule has 2 aromatic carbocycles. The lowest BCUT2D eigenvalue weighted by Crippen LogP contribution is -2.34. The van der Waals surface area contributed by atoms with Gasteiger partial charge in [0, 0.05) is 25.2 Å². The summed E-state index contributed by atoms with van der Waals surface area (Å²) in [6.45, 7) is 7.56. The maximum absolute atomic E-state index is 12.7. The van der Waals surface area contributed by atoms with E-state index in [2.05, 4.69) is 23.8 Å². The minimum Gasteiger partial charge on any atom is -0.332 e. The number of amides is 1. The summed E-state index contributed by atoms with van der Waals surface area (Å²) < 4.78 is 26.7. The van der Waals surface area contributed by atoms with E-state index in [4.69, 9.17) is 12.2 Å². The van der Waals surface area contributed by atoms with Crippen molar-refractivity contribution in [2.24, 2.45) is 0 Å². The number of anilines is 1. The van der Waals surface area contributed by atoms with Crippen LogP contribution in [0, 0.1) is 0 Å². The van der Waals surface area contributed by atoms with Gasteiger partial charge in [0.25, 0.3) is 0 Å². The number of aryl methyl sites for hydroxylation is 1. The summed E-state index contributed by atoms with van der Waals surface area (Å²) in [5.41, 5.74) is 1.64. The third kappa shape index (κ3) is 6.91. The highest BCUT2D eigenvalue weighted by Crippen LogP contribution is 2.18. The van der Waals surface area contributed by atoms with Crippen LogP contribution in [0.1, 0.15) is 12.0 Å². The van der Waals surface area contributed by atoms with Crippen molar-refractivity contribution in [1.29, 1.82) is 0 Å². The van der Waals surface area contributed by atoms with E-state index in [0.717, 1.165) is 5.56 Å². The van der Waals surface area contributed by atoms with E-state index in [1.54, 1.807) is 12.1 Å². The molecule has 30 heavy (non-hydrogen) atoms. The molecule has 8 heteroatoms. The Balaban J connectivity index is 1.92. The van der Waals surface area contributed by atoms with Gasteiger partial charge in [-0.3, -0.25) is 4.79 Å². The molecule has 0 unspecified atom stereocenters. The molecule has 0 aliphatic carbocycles. The molecular weight excluding hydrogens is 418 g/mol. The molecule has 2 rings (SSSR count). The van der Waals surface area contributed by atoms with Crippen LogP contribution in [0.5, 0.6) is 0 Å². The number of benzene rings is 2. The van der Waals surface area contributed by atoms with Crippen molar-refractivity contribution in [3.8, 4) is 0 Å². The van der Waals surface area contributed by atoms with Crippen LogP contribution < -0.4 is 10.6 Å². The Morgan fingerprint density at radius 3 is 2.17 bits per heavy atom. The monoisotopic (exact) mass is 443 g/mol. The molecule has 0 aliphatic rings. The molecule has 0 spiro atoms. The topological polar surface area (TPSA) is 78.5 Å². The first kappa shape index (κ1) is 23.5. The van der Waals surface area contributed by atoms with Gasteiger partial charge in [0.05, 0.1) is 4.90 Å². The van der Waals surface area contributed by atoms with Crippen molar-refractivity contribution in [1.82, 2.24) is 9.62 Å². The fourth-order valence-electron chi connectivity index (χ4n) is 2.67. The third-order valence-electron chi connectivity index (χ3n) is 4.15. The predicted octanol–water partition coefficient (Wildman–Crippen LogP) is 3.50. The second-order valence-electron chi connectivity index (χ2n) is 6.41. The van der Waals surface area contributed by atoms with E-state index in [1.807, 2.05) is 30.3 Å². The Morgan fingerprint density at radius 2 is 1.60 bits per heavy atom.